The molecule has 2 heterocycles. The van der Waals surface area contributed by atoms with E-state index in [1.807, 2.05) is 19.9 Å². The molecule has 2 aromatic heterocycles. The highest BCUT2D eigenvalue weighted by Gasteiger charge is 2.36. The monoisotopic (exact) mass is 416 g/mol. The highest BCUT2D eigenvalue weighted by Crippen LogP contribution is 2.36. The van der Waals surface area contributed by atoms with Gasteiger partial charge in [0, 0.05) is 13.1 Å². The van der Waals surface area contributed by atoms with Crippen LogP contribution < -0.4 is 4.31 Å². The highest BCUT2D eigenvalue weighted by molar-refractivity contribution is 7.94. The molecule has 0 N–H and O–H groups in total. The number of alkyl halides is 3. The summed E-state index contributed by atoms with van der Waals surface area (Å²) in [4.78, 5) is 0.265. The zero-order chi connectivity index (χ0) is 20.0. The summed E-state index contributed by atoms with van der Waals surface area (Å²) in [5.41, 5.74) is 2.41. The first-order valence-electron chi connectivity index (χ1n) is 7.70. The lowest BCUT2D eigenvalue weighted by Crippen LogP contribution is -2.25. The largest absolute Gasteiger partial charge is 0.452 e. The summed E-state index contributed by atoms with van der Waals surface area (Å²) in [6.07, 6.45) is -4.65. The molecule has 0 bridgehead atoms. The van der Waals surface area contributed by atoms with Crippen molar-refractivity contribution in [3.63, 3.8) is 0 Å². The van der Waals surface area contributed by atoms with Gasteiger partial charge in [-0.2, -0.15) is 13.2 Å². The number of anilines is 1. The SMILES string of the molecule is Cc1ccc(N(C)S(=O)(=O)c2ccc(-c3cc(C(F)(F)F)on3)s2)cc1C. The van der Waals surface area contributed by atoms with Crippen LogP contribution >= 0.6 is 11.3 Å². The zero-order valence-corrected chi connectivity index (χ0v) is 16.2. The van der Waals surface area contributed by atoms with Crippen LogP contribution in [0.15, 0.2) is 45.1 Å². The number of rotatable bonds is 4. The molecule has 0 radical (unpaired) electrons. The van der Waals surface area contributed by atoms with E-state index in [0.717, 1.165) is 32.8 Å². The Bertz CT molecular complexity index is 1090. The van der Waals surface area contributed by atoms with Gasteiger partial charge in [0.15, 0.2) is 0 Å². The van der Waals surface area contributed by atoms with Crippen molar-refractivity contribution < 1.29 is 26.1 Å². The van der Waals surface area contributed by atoms with Gasteiger partial charge in [-0.3, -0.25) is 4.31 Å². The van der Waals surface area contributed by atoms with Crippen LogP contribution in [0.5, 0.6) is 0 Å². The van der Waals surface area contributed by atoms with Crippen LogP contribution in [0.3, 0.4) is 0 Å². The first kappa shape index (κ1) is 19.4. The molecule has 5 nitrogen and oxygen atoms in total. The third-order valence-electron chi connectivity index (χ3n) is 4.09. The van der Waals surface area contributed by atoms with Crippen molar-refractivity contribution in [2.75, 3.05) is 11.4 Å². The van der Waals surface area contributed by atoms with E-state index in [9.17, 15) is 21.6 Å². The van der Waals surface area contributed by atoms with Gasteiger partial charge < -0.3 is 4.52 Å². The van der Waals surface area contributed by atoms with Crippen molar-refractivity contribution in [2.45, 2.75) is 24.2 Å². The Labute approximate surface area is 158 Å². The molecule has 144 valence electrons. The first-order valence-corrected chi connectivity index (χ1v) is 9.96. The highest BCUT2D eigenvalue weighted by atomic mass is 32.2. The van der Waals surface area contributed by atoms with Crippen molar-refractivity contribution in [3.05, 3.63) is 53.3 Å². The Kier molecular flexibility index (Phi) is 4.81. The maximum absolute atomic E-state index is 12.9. The number of hydrogen-bond donors (Lipinski definition) is 0. The predicted octanol–water partition coefficient (Wildman–Crippen LogP) is 4.86. The quantitative estimate of drug-likeness (QED) is 0.609. The minimum Gasteiger partial charge on any atom is -0.351 e. The molecule has 10 heteroatoms. The molecule has 0 amide bonds. The molecule has 3 aromatic rings. The summed E-state index contributed by atoms with van der Waals surface area (Å²) >= 11 is 0.828. The van der Waals surface area contributed by atoms with Crippen molar-refractivity contribution in [1.29, 1.82) is 0 Å². The van der Waals surface area contributed by atoms with E-state index in [1.54, 1.807) is 12.1 Å². The number of hydrogen-bond acceptors (Lipinski definition) is 5. The number of sulfonamides is 1. The molecule has 0 aliphatic heterocycles. The Morgan fingerprint density at radius 1 is 1.07 bits per heavy atom. The molecule has 1 aromatic carbocycles. The predicted molar refractivity (Wildman–Crippen MR) is 96.3 cm³/mol. The van der Waals surface area contributed by atoms with Crippen molar-refractivity contribution in [1.82, 2.24) is 5.16 Å². The number of aryl methyl sites for hydroxylation is 2. The van der Waals surface area contributed by atoms with Gasteiger partial charge in [0.05, 0.1) is 10.6 Å². The van der Waals surface area contributed by atoms with Crippen LogP contribution in [0.2, 0.25) is 0 Å². The molecule has 3 rings (SSSR count). The first-order chi connectivity index (χ1) is 12.5. The Balaban J connectivity index is 1.92. The molecular weight excluding hydrogens is 401 g/mol. The molecule has 27 heavy (non-hydrogen) atoms. The lowest BCUT2D eigenvalue weighted by molar-refractivity contribution is -0.155. The molecule has 0 spiro atoms. The van der Waals surface area contributed by atoms with Crippen LogP contribution in [-0.4, -0.2) is 20.6 Å². The molecule has 0 saturated heterocycles. The van der Waals surface area contributed by atoms with Crippen molar-refractivity contribution in [2.24, 2.45) is 0 Å². The second-order valence-corrected chi connectivity index (χ2v) is 9.21. The molecule has 0 unspecified atom stereocenters. The van der Waals surface area contributed by atoms with E-state index >= 15 is 0 Å². The topological polar surface area (TPSA) is 63.4 Å². The van der Waals surface area contributed by atoms with Gasteiger partial charge in [-0.1, -0.05) is 11.2 Å². The minimum absolute atomic E-state index is 0.00483. The summed E-state index contributed by atoms with van der Waals surface area (Å²) < 4.78 is 69.0. The van der Waals surface area contributed by atoms with Gasteiger partial charge in [0.2, 0.25) is 5.76 Å². The fourth-order valence-electron chi connectivity index (χ4n) is 2.32. The standard InChI is InChI=1S/C17H15F3N2O3S2/c1-10-4-5-12(8-11(10)2)22(3)27(23,24)16-7-6-14(26-16)13-9-15(25-21-13)17(18,19)20/h4-9H,1-3H3. The van der Waals surface area contributed by atoms with E-state index in [1.165, 1.54) is 19.2 Å². The second kappa shape index (κ2) is 6.68. The van der Waals surface area contributed by atoms with Gasteiger partial charge in [-0.15, -0.1) is 11.3 Å². The van der Waals surface area contributed by atoms with E-state index in [4.69, 9.17) is 0 Å². The molecule has 0 atom stereocenters. The Hall–Kier alpha value is -2.33. The number of nitrogens with zero attached hydrogens (tertiary/aromatic N) is 2. The van der Waals surface area contributed by atoms with E-state index in [-0.39, 0.29) is 14.8 Å². The third-order valence-corrected chi connectivity index (χ3v) is 7.45. The van der Waals surface area contributed by atoms with Gasteiger partial charge in [-0.05, 0) is 49.2 Å². The normalized spacial score (nSPS) is 12.4. The van der Waals surface area contributed by atoms with Gasteiger partial charge in [0.1, 0.15) is 9.90 Å². The minimum atomic E-state index is -4.65. The summed E-state index contributed by atoms with van der Waals surface area (Å²) in [5, 5.41) is 3.38. The van der Waals surface area contributed by atoms with Crippen molar-refractivity contribution in [3.8, 4) is 10.6 Å². The fourth-order valence-corrected chi connectivity index (χ4v) is 4.93. The average molecular weight is 416 g/mol. The maximum atomic E-state index is 12.9. The molecule has 0 aliphatic rings. The van der Waals surface area contributed by atoms with Crippen LogP contribution in [0.4, 0.5) is 18.9 Å². The third kappa shape index (κ3) is 3.72. The molecule has 0 saturated carbocycles. The summed E-state index contributed by atoms with van der Waals surface area (Å²) in [5.74, 6) is -1.23. The second-order valence-electron chi connectivity index (χ2n) is 5.93. The number of halogens is 3. The van der Waals surface area contributed by atoms with Crippen LogP contribution in [0.1, 0.15) is 16.9 Å². The van der Waals surface area contributed by atoms with E-state index in [0.29, 0.717) is 5.69 Å². The van der Waals surface area contributed by atoms with Gasteiger partial charge >= 0.3 is 6.18 Å². The van der Waals surface area contributed by atoms with Crippen molar-refractivity contribution >= 4 is 27.0 Å². The Morgan fingerprint density at radius 2 is 1.78 bits per heavy atom. The number of aromatic nitrogens is 1. The van der Waals surface area contributed by atoms with Crippen LogP contribution in [-0.2, 0) is 16.2 Å². The fraction of sp³-hybridized carbons (Fsp3) is 0.235. The number of thiophene rings is 1. The van der Waals surface area contributed by atoms with Crippen LogP contribution in [0, 0.1) is 13.8 Å². The number of benzene rings is 1. The molecular formula is C17H15F3N2O3S2. The maximum Gasteiger partial charge on any atom is 0.452 e. The zero-order valence-electron chi connectivity index (χ0n) is 14.5. The van der Waals surface area contributed by atoms with E-state index < -0.39 is 22.0 Å². The summed E-state index contributed by atoms with van der Waals surface area (Å²) in [6.45, 7) is 3.80. The summed E-state index contributed by atoms with van der Waals surface area (Å²) in [6, 6.07) is 8.77. The van der Waals surface area contributed by atoms with Crippen LogP contribution in [0.25, 0.3) is 10.6 Å². The average Bonchev–Trinajstić information content (AvgIpc) is 3.25. The summed E-state index contributed by atoms with van der Waals surface area (Å²) in [7, 11) is -2.43. The van der Waals surface area contributed by atoms with E-state index in [2.05, 4.69) is 9.68 Å². The molecule has 0 fully saturated rings. The smallest absolute Gasteiger partial charge is 0.351 e. The van der Waals surface area contributed by atoms with Gasteiger partial charge in [0.25, 0.3) is 10.0 Å². The Morgan fingerprint density at radius 3 is 2.37 bits per heavy atom. The molecule has 0 aliphatic carbocycles. The lowest BCUT2D eigenvalue weighted by atomic mass is 10.1. The lowest BCUT2D eigenvalue weighted by Gasteiger charge is -2.19. The van der Waals surface area contributed by atoms with Gasteiger partial charge in [-0.25, -0.2) is 8.42 Å².